The molecule has 3 rings (SSSR count). The zero-order chi connectivity index (χ0) is 14.8. The van der Waals surface area contributed by atoms with Crippen molar-refractivity contribution in [1.29, 1.82) is 0 Å². The van der Waals surface area contributed by atoms with E-state index in [2.05, 4.69) is 10.3 Å². The molecule has 0 atom stereocenters. The molecule has 0 unspecified atom stereocenters. The van der Waals surface area contributed by atoms with Crippen LogP contribution in [0.15, 0.2) is 48.5 Å². The summed E-state index contributed by atoms with van der Waals surface area (Å²) in [7, 11) is 1.66. The van der Waals surface area contributed by atoms with E-state index < -0.39 is 0 Å². The van der Waals surface area contributed by atoms with Crippen molar-refractivity contribution >= 4 is 34.0 Å². The molecule has 21 heavy (non-hydrogen) atoms. The summed E-state index contributed by atoms with van der Waals surface area (Å²) < 4.78 is 5.21. The van der Waals surface area contributed by atoms with Gasteiger partial charge in [-0.3, -0.25) is 0 Å². The van der Waals surface area contributed by atoms with Crippen LogP contribution in [0.1, 0.15) is 5.56 Å². The minimum absolute atomic E-state index is 0.655. The van der Waals surface area contributed by atoms with Gasteiger partial charge in [-0.1, -0.05) is 23.7 Å². The summed E-state index contributed by atoms with van der Waals surface area (Å²) in [6, 6.07) is 15.6. The Balaban J connectivity index is 1.96. The molecular formula is C17H15ClN2O. The molecule has 3 nitrogen and oxygen atoms in total. The molecule has 0 fully saturated rings. The molecule has 0 saturated heterocycles. The number of benzene rings is 2. The maximum atomic E-state index is 6.20. The topological polar surface area (TPSA) is 34.1 Å². The Morgan fingerprint density at radius 3 is 2.71 bits per heavy atom. The van der Waals surface area contributed by atoms with Crippen molar-refractivity contribution in [1.82, 2.24) is 4.98 Å². The summed E-state index contributed by atoms with van der Waals surface area (Å²) in [4.78, 5) is 4.58. The predicted octanol–water partition coefficient (Wildman–Crippen LogP) is 4.95. The first-order valence-corrected chi connectivity index (χ1v) is 7.02. The van der Waals surface area contributed by atoms with E-state index >= 15 is 0 Å². The number of anilines is 2. The fraction of sp³-hybridized carbons (Fsp3) is 0.118. The molecule has 3 aromatic rings. The number of methoxy groups -OCH3 is 1. The number of nitrogens with one attached hydrogen (secondary N) is 1. The number of hydrogen-bond acceptors (Lipinski definition) is 3. The fourth-order valence-electron chi connectivity index (χ4n) is 2.22. The van der Waals surface area contributed by atoms with E-state index in [1.165, 1.54) is 0 Å². The smallest absolute Gasteiger partial charge is 0.131 e. The van der Waals surface area contributed by atoms with E-state index in [-0.39, 0.29) is 0 Å². The van der Waals surface area contributed by atoms with Crippen LogP contribution in [0, 0.1) is 6.92 Å². The number of halogens is 1. The second kappa shape index (κ2) is 5.62. The monoisotopic (exact) mass is 298 g/mol. The number of nitrogens with zero attached hydrogens (tertiary/aromatic N) is 1. The fourth-order valence-corrected chi connectivity index (χ4v) is 2.45. The normalized spacial score (nSPS) is 10.6. The quantitative estimate of drug-likeness (QED) is 0.743. The molecule has 0 amide bonds. The third kappa shape index (κ3) is 2.78. The van der Waals surface area contributed by atoms with Gasteiger partial charge in [0.1, 0.15) is 11.6 Å². The second-order valence-corrected chi connectivity index (χ2v) is 5.22. The highest BCUT2D eigenvalue weighted by Gasteiger charge is 2.05. The van der Waals surface area contributed by atoms with Crippen molar-refractivity contribution in [3.63, 3.8) is 0 Å². The summed E-state index contributed by atoms with van der Waals surface area (Å²) in [6.45, 7) is 2.03. The Labute approximate surface area is 128 Å². The Morgan fingerprint density at radius 2 is 1.95 bits per heavy atom. The zero-order valence-electron chi connectivity index (χ0n) is 11.9. The molecule has 1 heterocycles. The molecule has 2 aromatic carbocycles. The van der Waals surface area contributed by atoms with Gasteiger partial charge in [0, 0.05) is 11.1 Å². The molecule has 0 bridgehead atoms. The van der Waals surface area contributed by atoms with Gasteiger partial charge in [-0.15, -0.1) is 0 Å². The summed E-state index contributed by atoms with van der Waals surface area (Å²) in [5.41, 5.74) is 2.89. The lowest BCUT2D eigenvalue weighted by molar-refractivity contribution is 0.414. The SMILES string of the molecule is COc1ccc(Nc2ccc3cccc(Cl)c3n2)c(C)c1. The van der Waals surface area contributed by atoms with Crippen molar-refractivity contribution in [3.05, 3.63) is 59.1 Å². The minimum atomic E-state index is 0.655. The zero-order valence-corrected chi connectivity index (χ0v) is 12.6. The number of fused-ring (bicyclic) bond motifs is 1. The van der Waals surface area contributed by atoms with Gasteiger partial charge in [-0.2, -0.15) is 0 Å². The molecule has 1 N–H and O–H groups in total. The number of aryl methyl sites for hydroxylation is 1. The summed E-state index contributed by atoms with van der Waals surface area (Å²) in [6.07, 6.45) is 0. The highest BCUT2D eigenvalue weighted by atomic mass is 35.5. The molecule has 4 heteroatoms. The van der Waals surface area contributed by atoms with Crippen LogP contribution < -0.4 is 10.1 Å². The lowest BCUT2D eigenvalue weighted by Crippen LogP contribution is -1.96. The maximum Gasteiger partial charge on any atom is 0.131 e. The lowest BCUT2D eigenvalue weighted by atomic mass is 10.2. The van der Waals surface area contributed by atoms with Crippen molar-refractivity contribution in [3.8, 4) is 5.75 Å². The second-order valence-electron chi connectivity index (χ2n) is 4.81. The van der Waals surface area contributed by atoms with Crippen molar-refractivity contribution in [2.45, 2.75) is 6.92 Å². The van der Waals surface area contributed by atoms with E-state index in [4.69, 9.17) is 16.3 Å². The molecule has 0 aliphatic heterocycles. The number of aromatic nitrogens is 1. The third-order valence-electron chi connectivity index (χ3n) is 3.37. The number of ether oxygens (including phenoxy) is 1. The highest BCUT2D eigenvalue weighted by molar-refractivity contribution is 6.35. The van der Waals surface area contributed by atoms with Gasteiger partial charge in [0.25, 0.3) is 0 Å². The van der Waals surface area contributed by atoms with Crippen LogP contribution in [0.3, 0.4) is 0 Å². The lowest BCUT2D eigenvalue weighted by Gasteiger charge is -2.11. The van der Waals surface area contributed by atoms with Crippen molar-refractivity contribution in [2.75, 3.05) is 12.4 Å². The summed E-state index contributed by atoms with van der Waals surface area (Å²) >= 11 is 6.20. The van der Waals surface area contributed by atoms with E-state index in [1.807, 2.05) is 55.5 Å². The van der Waals surface area contributed by atoms with Crippen molar-refractivity contribution in [2.24, 2.45) is 0 Å². The molecule has 0 aliphatic carbocycles. The summed E-state index contributed by atoms with van der Waals surface area (Å²) in [5.74, 6) is 1.61. The molecule has 106 valence electrons. The van der Waals surface area contributed by atoms with Crippen LogP contribution in [0.25, 0.3) is 10.9 Å². The average molecular weight is 299 g/mol. The Bertz CT molecular complexity index is 802. The predicted molar refractivity (Wildman–Crippen MR) is 87.8 cm³/mol. The largest absolute Gasteiger partial charge is 0.497 e. The third-order valence-corrected chi connectivity index (χ3v) is 3.67. The Morgan fingerprint density at radius 1 is 1.10 bits per heavy atom. The van der Waals surface area contributed by atoms with Crippen LogP contribution in [-0.2, 0) is 0 Å². The van der Waals surface area contributed by atoms with E-state index in [0.717, 1.165) is 33.7 Å². The number of para-hydroxylation sites is 1. The minimum Gasteiger partial charge on any atom is -0.497 e. The van der Waals surface area contributed by atoms with Crippen LogP contribution in [-0.4, -0.2) is 12.1 Å². The van der Waals surface area contributed by atoms with Gasteiger partial charge >= 0.3 is 0 Å². The highest BCUT2D eigenvalue weighted by Crippen LogP contribution is 2.27. The van der Waals surface area contributed by atoms with Gasteiger partial charge < -0.3 is 10.1 Å². The van der Waals surface area contributed by atoms with Gasteiger partial charge in [-0.25, -0.2) is 4.98 Å². The van der Waals surface area contributed by atoms with E-state index in [0.29, 0.717) is 5.02 Å². The molecule has 0 radical (unpaired) electrons. The standard InChI is InChI=1S/C17H15ClN2O/c1-11-10-13(21-2)7-8-15(11)19-16-9-6-12-4-3-5-14(18)17(12)20-16/h3-10H,1-2H3,(H,19,20). The molecule has 0 saturated carbocycles. The first-order valence-electron chi connectivity index (χ1n) is 6.64. The Hall–Kier alpha value is -2.26. The first kappa shape index (κ1) is 13.7. The molecular weight excluding hydrogens is 284 g/mol. The van der Waals surface area contributed by atoms with Crippen LogP contribution >= 0.6 is 11.6 Å². The average Bonchev–Trinajstić information content (AvgIpc) is 2.50. The van der Waals surface area contributed by atoms with Crippen LogP contribution in [0.4, 0.5) is 11.5 Å². The first-order chi connectivity index (χ1) is 10.2. The van der Waals surface area contributed by atoms with Crippen LogP contribution in [0.2, 0.25) is 5.02 Å². The van der Waals surface area contributed by atoms with Crippen LogP contribution in [0.5, 0.6) is 5.75 Å². The molecule has 0 aliphatic rings. The van der Waals surface area contributed by atoms with E-state index in [9.17, 15) is 0 Å². The number of pyridine rings is 1. The van der Waals surface area contributed by atoms with Crippen molar-refractivity contribution < 1.29 is 4.74 Å². The number of hydrogen-bond donors (Lipinski definition) is 1. The van der Waals surface area contributed by atoms with Gasteiger partial charge in [-0.05, 0) is 48.9 Å². The summed E-state index contributed by atoms with van der Waals surface area (Å²) in [5, 5.41) is 5.00. The molecule has 0 spiro atoms. The maximum absolute atomic E-state index is 6.20. The Kier molecular flexibility index (Phi) is 3.67. The van der Waals surface area contributed by atoms with E-state index in [1.54, 1.807) is 7.11 Å². The van der Waals surface area contributed by atoms with Gasteiger partial charge in [0.2, 0.25) is 0 Å². The van der Waals surface area contributed by atoms with Gasteiger partial charge in [0.05, 0.1) is 17.6 Å². The van der Waals surface area contributed by atoms with Gasteiger partial charge in [0.15, 0.2) is 0 Å². The number of rotatable bonds is 3. The molecule has 1 aromatic heterocycles.